The zero-order chi connectivity index (χ0) is 24.8. The lowest BCUT2D eigenvalue weighted by atomic mass is 9.77. The second kappa shape index (κ2) is 12.1. The van der Waals surface area contributed by atoms with Gasteiger partial charge in [0, 0.05) is 0 Å². The molecular weight excluding hydrogens is 449 g/mol. The van der Waals surface area contributed by atoms with Gasteiger partial charge in [-0.15, -0.1) is 0 Å². The standard InChI is InChI=1S/C30H37F3O2/c1-3-5-20-6-9-22(10-7-20)25-15-16-26(30(33)29(25)32)23-11-13-24(14-12-23)35-19-21-8-17-28(34-4-2)27(31)18-21/h3,5,8,15-18,20,22-24H,4,6-7,9-14,19H2,1-2H3/b5-3+. The molecule has 0 radical (unpaired) electrons. The Morgan fingerprint density at radius 1 is 0.829 bits per heavy atom. The maximum absolute atomic E-state index is 15.1. The van der Waals surface area contributed by atoms with E-state index in [4.69, 9.17) is 9.47 Å². The lowest BCUT2D eigenvalue weighted by molar-refractivity contribution is 0.0130. The van der Waals surface area contributed by atoms with Crippen LogP contribution in [0.2, 0.25) is 0 Å². The second-order valence-electron chi connectivity index (χ2n) is 9.99. The van der Waals surface area contributed by atoms with Crippen molar-refractivity contribution in [2.45, 2.75) is 89.8 Å². The summed E-state index contributed by atoms with van der Waals surface area (Å²) in [7, 11) is 0. The summed E-state index contributed by atoms with van der Waals surface area (Å²) in [5.41, 5.74) is 1.81. The first-order valence-electron chi connectivity index (χ1n) is 13.1. The van der Waals surface area contributed by atoms with E-state index in [2.05, 4.69) is 12.2 Å². The Balaban J connectivity index is 1.30. The maximum Gasteiger partial charge on any atom is 0.165 e. The molecule has 190 valence electrons. The van der Waals surface area contributed by atoms with Gasteiger partial charge in [0.05, 0.1) is 19.3 Å². The van der Waals surface area contributed by atoms with E-state index < -0.39 is 11.6 Å². The van der Waals surface area contributed by atoms with E-state index in [0.29, 0.717) is 30.3 Å². The number of ether oxygens (including phenoxy) is 2. The van der Waals surface area contributed by atoms with Crippen molar-refractivity contribution in [1.29, 1.82) is 0 Å². The van der Waals surface area contributed by atoms with E-state index in [9.17, 15) is 4.39 Å². The van der Waals surface area contributed by atoms with Crippen molar-refractivity contribution in [3.63, 3.8) is 0 Å². The molecular formula is C30H37F3O2. The lowest BCUT2D eigenvalue weighted by Gasteiger charge is -2.30. The maximum atomic E-state index is 15.1. The highest BCUT2D eigenvalue weighted by Crippen LogP contribution is 2.41. The third-order valence-corrected chi connectivity index (χ3v) is 7.71. The molecule has 0 N–H and O–H groups in total. The summed E-state index contributed by atoms with van der Waals surface area (Å²) in [5.74, 6) is -0.764. The van der Waals surface area contributed by atoms with Crippen LogP contribution in [-0.4, -0.2) is 12.7 Å². The Morgan fingerprint density at radius 2 is 1.43 bits per heavy atom. The Hall–Kier alpha value is -2.27. The van der Waals surface area contributed by atoms with Crippen LogP contribution in [0.5, 0.6) is 5.75 Å². The van der Waals surface area contributed by atoms with Crippen molar-refractivity contribution in [2.75, 3.05) is 6.61 Å². The SMILES string of the molecule is C/C=C/C1CCC(c2ccc(C3CCC(OCc4ccc(OCC)c(F)c4)CC3)c(F)c2F)CC1. The molecule has 0 bridgehead atoms. The van der Waals surface area contributed by atoms with Gasteiger partial charge in [-0.3, -0.25) is 0 Å². The minimum absolute atomic E-state index is 0.00625. The number of allylic oxidation sites excluding steroid dienone is 2. The molecule has 0 unspecified atom stereocenters. The molecule has 0 aromatic heterocycles. The van der Waals surface area contributed by atoms with Crippen LogP contribution in [0.4, 0.5) is 13.2 Å². The van der Waals surface area contributed by atoms with Gasteiger partial charge in [-0.2, -0.15) is 0 Å². The first-order chi connectivity index (χ1) is 17.0. The van der Waals surface area contributed by atoms with E-state index in [-0.39, 0.29) is 29.5 Å². The van der Waals surface area contributed by atoms with E-state index in [1.54, 1.807) is 6.07 Å². The summed E-state index contributed by atoms with van der Waals surface area (Å²) in [6.45, 7) is 4.59. The molecule has 2 fully saturated rings. The number of hydrogen-bond donors (Lipinski definition) is 0. The van der Waals surface area contributed by atoms with Crippen LogP contribution in [0.15, 0.2) is 42.5 Å². The first kappa shape index (κ1) is 25.8. The van der Waals surface area contributed by atoms with E-state index in [1.165, 1.54) is 6.07 Å². The van der Waals surface area contributed by atoms with E-state index in [0.717, 1.165) is 56.9 Å². The van der Waals surface area contributed by atoms with Crippen LogP contribution < -0.4 is 4.74 Å². The number of rotatable bonds is 8. The fraction of sp³-hybridized carbons (Fsp3) is 0.533. The average Bonchev–Trinajstić information content (AvgIpc) is 2.87. The largest absolute Gasteiger partial charge is 0.491 e. The zero-order valence-electron chi connectivity index (χ0n) is 20.9. The van der Waals surface area contributed by atoms with Crippen LogP contribution in [0.25, 0.3) is 0 Å². The summed E-state index contributed by atoms with van der Waals surface area (Å²) in [6, 6.07) is 8.54. The summed E-state index contributed by atoms with van der Waals surface area (Å²) in [5, 5.41) is 0. The van der Waals surface area contributed by atoms with Crippen molar-refractivity contribution in [2.24, 2.45) is 5.92 Å². The smallest absolute Gasteiger partial charge is 0.165 e. The monoisotopic (exact) mass is 486 g/mol. The highest BCUT2D eigenvalue weighted by molar-refractivity contribution is 5.32. The average molecular weight is 487 g/mol. The van der Waals surface area contributed by atoms with Gasteiger partial charge in [-0.25, -0.2) is 13.2 Å². The Morgan fingerprint density at radius 3 is 1.97 bits per heavy atom. The molecule has 2 saturated carbocycles. The Kier molecular flexibility index (Phi) is 8.94. The Labute approximate surface area is 207 Å². The van der Waals surface area contributed by atoms with Gasteiger partial charge in [-0.1, -0.05) is 30.4 Å². The molecule has 0 heterocycles. The minimum atomic E-state index is -0.660. The number of halogens is 3. The lowest BCUT2D eigenvalue weighted by Crippen LogP contribution is -2.22. The van der Waals surface area contributed by atoms with Crippen molar-refractivity contribution in [3.05, 3.63) is 76.6 Å². The zero-order valence-corrected chi connectivity index (χ0v) is 20.9. The van der Waals surface area contributed by atoms with Crippen LogP contribution in [0, 0.1) is 23.4 Å². The van der Waals surface area contributed by atoms with Crippen LogP contribution in [-0.2, 0) is 11.3 Å². The molecule has 4 rings (SSSR count). The fourth-order valence-electron chi connectivity index (χ4n) is 5.77. The second-order valence-corrected chi connectivity index (χ2v) is 9.99. The van der Waals surface area contributed by atoms with Crippen LogP contribution in [0.1, 0.15) is 93.7 Å². The van der Waals surface area contributed by atoms with E-state index in [1.807, 2.05) is 32.0 Å². The van der Waals surface area contributed by atoms with E-state index >= 15 is 8.78 Å². The summed E-state index contributed by atoms with van der Waals surface area (Å²) in [6.07, 6.45) is 11.3. The molecule has 0 atom stereocenters. The molecule has 5 heteroatoms. The van der Waals surface area contributed by atoms with Gasteiger partial charge in [0.15, 0.2) is 23.2 Å². The number of benzene rings is 2. The third-order valence-electron chi connectivity index (χ3n) is 7.71. The molecule has 0 spiro atoms. The first-order valence-corrected chi connectivity index (χ1v) is 13.1. The van der Waals surface area contributed by atoms with Crippen LogP contribution in [0.3, 0.4) is 0 Å². The molecule has 0 saturated heterocycles. The highest BCUT2D eigenvalue weighted by atomic mass is 19.2. The van der Waals surface area contributed by atoms with Gasteiger partial charge in [0.2, 0.25) is 0 Å². The molecule has 0 amide bonds. The molecule has 2 aliphatic rings. The van der Waals surface area contributed by atoms with Gasteiger partial charge in [0.25, 0.3) is 0 Å². The van der Waals surface area contributed by atoms with Gasteiger partial charge < -0.3 is 9.47 Å². The summed E-state index contributed by atoms with van der Waals surface area (Å²) < 4.78 is 55.5. The molecule has 0 aliphatic heterocycles. The summed E-state index contributed by atoms with van der Waals surface area (Å²) >= 11 is 0. The van der Waals surface area contributed by atoms with Gasteiger partial charge >= 0.3 is 0 Å². The molecule has 2 aromatic carbocycles. The fourth-order valence-corrected chi connectivity index (χ4v) is 5.77. The Bertz CT molecular complexity index is 1000. The topological polar surface area (TPSA) is 18.5 Å². The van der Waals surface area contributed by atoms with Crippen molar-refractivity contribution in [3.8, 4) is 5.75 Å². The van der Waals surface area contributed by atoms with Gasteiger partial charge in [0.1, 0.15) is 0 Å². The molecule has 2 aliphatic carbocycles. The third kappa shape index (κ3) is 6.30. The minimum Gasteiger partial charge on any atom is -0.491 e. The quantitative estimate of drug-likeness (QED) is 0.348. The summed E-state index contributed by atoms with van der Waals surface area (Å²) in [4.78, 5) is 0. The normalized spacial score (nSPS) is 25.2. The van der Waals surface area contributed by atoms with Crippen molar-refractivity contribution >= 4 is 0 Å². The molecule has 2 aromatic rings. The predicted octanol–water partition coefficient (Wildman–Crippen LogP) is 8.60. The van der Waals surface area contributed by atoms with Crippen LogP contribution >= 0.6 is 0 Å². The van der Waals surface area contributed by atoms with Crippen molar-refractivity contribution < 1.29 is 22.6 Å². The molecule has 35 heavy (non-hydrogen) atoms. The van der Waals surface area contributed by atoms with Crippen molar-refractivity contribution in [1.82, 2.24) is 0 Å². The van der Waals surface area contributed by atoms with Gasteiger partial charge in [-0.05, 0) is 112 Å². The molecule has 2 nitrogen and oxygen atoms in total. The number of hydrogen-bond acceptors (Lipinski definition) is 2. The highest BCUT2D eigenvalue weighted by Gasteiger charge is 2.29. The predicted molar refractivity (Wildman–Crippen MR) is 133 cm³/mol.